The van der Waals surface area contributed by atoms with E-state index in [2.05, 4.69) is 31.3 Å². The SMILES string of the molecule is NNC(c1ncc[nH]1)c1cscc1Br. The largest absolute Gasteiger partial charge is 0.347 e. The summed E-state index contributed by atoms with van der Waals surface area (Å²) in [6.07, 6.45) is 3.49. The van der Waals surface area contributed by atoms with Crippen molar-refractivity contribution in [2.75, 3.05) is 0 Å². The van der Waals surface area contributed by atoms with Crippen LogP contribution in [0.2, 0.25) is 0 Å². The maximum Gasteiger partial charge on any atom is 0.129 e. The van der Waals surface area contributed by atoms with E-state index in [4.69, 9.17) is 5.84 Å². The zero-order chi connectivity index (χ0) is 9.97. The molecule has 0 bridgehead atoms. The van der Waals surface area contributed by atoms with E-state index >= 15 is 0 Å². The van der Waals surface area contributed by atoms with Gasteiger partial charge in [0.05, 0.1) is 0 Å². The summed E-state index contributed by atoms with van der Waals surface area (Å²) in [4.78, 5) is 7.20. The number of imidazole rings is 1. The summed E-state index contributed by atoms with van der Waals surface area (Å²) in [6.45, 7) is 0. The van der Waals surface area contributed by atoms with Crippen molar-refractivity contribution in [3.05, 3.63) is 39.0 Å². The number of thiophene rings is 1. The van der Waals surface area contributed by atoms with E-state index < -0.39 is 0 Å². The topological polar surface area (TPSA) is 66.7 Å². The highest BCUT2D eigenvalue weighted by molar-refractivity contribution is 9.10. The first-order valence-electron chi connectivity index (χ1n) is 4.00. The van der Waals surface area contributed by atoms with Crippen LogP contribution in [0.5, 0.6) is 0 Å². The molecule has 1 unspecified atom stereocenters. The number of hydrogen-bond acceptors (Lipinski definition) is 4. The fourth-order valence-corrected chi connectivity index (χ4v) is 2.80. The van der Waals surface area contributed by atoms with Gasteiger partial charge in [-0.2, -0.15) is 11.3 Å². The molecule has 0 saturated carbocycles. The van der Waals surface area contributed by atoms with Gasteiger partial charge in [-0.05, 0) is 21.3 Å². The van der Waals surface area contributed by atoms with Crippen LogP contribution in [-0.4, -0.2) is 9.97 Å². The van der Waals surface area contributed by atoms with Crippen molar-refractivity contribution in [2.24, 2.45) is 5.84 Å². The average molecular weight is 273 g/mol. The Bertz CT molecular complexity index is 397. The van der Waals surface area contributed by atoms with Gasteiger partial charge >= 0.3 is 0 Å². The predicted octanol–water partition coefficient (Wildman–Crippen LogP) is 1.79. The molecule has 0 spiro atoms. The third-order valence-corrected chi connectivity index (χ3v) is 3.66. The van der Waals surface area contributed by atoms with Gasteiger partial charge in [0, 0.05) is 27.8 Å². The lowest BCUT2D eigenvalue weighted by Gasteiger charge is -2.12. The Balaban J connectivity index is 2.36. The Morgan fingerprint density at radius 2 is 2.43 bits per heavy atom. The fraction of sp³-hybridized carbons (Fsp3) is 0.125. The van der Waals surface area contributed by atoms with Gasteiger partial charge in [-0.3, -0.25) is 5.84 Å². The zero-order valence-corrected chi connectivity index (χ0v) is 9.60. The summed E-state index contributed by atoms with van der Waals surface area (Å²) in [6, 6.07) is -0.0920. The number of hydrazine groups is 1. The highest BCUT2D eigenvalue weighted by atomic mass is 79.9. The fourth-order valence-electron chi connectivity index (χ4n) is 1.25. The van der Waals surface area contributed by atoms with Crippen LogP contribution in [-0.2, 0) is 0 Å². The number of H-pyrrole nitrogens is 1. The lowest BCUT2D eigenvalue weighted by Crippen LogP contribution is -2.29. The Labute approximate surface area is 93.7 Å². The number of aromatic amines is 1. The molecule has 0 aliphatic heterocycles. The van der Waals surface area contributed by atoms with Crippen molar-refractivity contribution < 1.29 is 0 Å². The molecule has 2 rings (SSSR count). The molecule has 2 heterocycles. The van der Waals surface area contributed by atoms with E-state index in [-0.39, 0.29) is 6.04 Å². The Morgan fingerprint density at radius 1 is 1.57 bits per heavy atom. The van der Waals surface area contributed by atoms with E-state index in [1.54, 1.807) is 23.7 Å². The first-order valence-corrected chi connectivity index (χ1v) is 5.73. The second kappa shape index (κ2) is 4.22. The van der Waals surface area contributed by atoms with E-state index in [1.165, 1.54) is 0 Å². The van der Waals surface area contributed by atoms with Crippen LogP contribution in [0.15, 0.2) is 27.6 Å². The normalized spacial score (nSPS) is 13.0. The number of nitrogens with one attached hydrogen (secondary N) is 2. The number of hydrogen-bond donors (Lipinski definition) is 3. The molecule has 6 heteroatoms. The molecule has 0 aromatic carbocycles. The molecule has 0 amide bonds. The average Bonchev–Trinajstić information content (AvgIpc) is 2.80. The second-order valence-electron chi connectivity index (χ2n) is 2.75. The van der Waals surface area contributed by atoms with Crippen molar-refractivity contribution in [2.45, 2.75) is 6.04 Å². The number of nitrogens with two attached hydrogens (primary N) is 1. The van der Waals surface area contributed by atoms with Gasteiger partial charge in [-0.1, -0.05) is 0 Å². The molecule has 2 aromatic heterocycles. The predicted molar refractivity (Wildman–Crippen MR) is 59.8 cm³/mol. The minimum atomic E-state index is -0.0920. The first-order chi connectivity index (χ1) is 6.83. The van der Waals surface area contributed by atoms with Crippen molar-refractivity contribution in [3.63, 3.8) is 0 Å². The minimum absolute atomic E-state index is 0.0920. The minimum Gasteiger partial charge on any atom is -0.347 e. The molecule has 0 saturated heterocycles. The number of nitrogens with zero attached hydrogens (tertiary/aromatic N) is 1. The molecule has 14 heavy (non-hydrogen) atoms. The zero-order valence-electron chi connectivity index (χ0n) is 7.20. The molecular weight excluding hydrogens is 264 g/mol. The summed E-state index contributed by atoms with van der Waals surface area (Å²) in [5.74, 6) is 6.31. The third kappa shape index (κ3) is 1.74. The monoisotopic (exact) mass is 272 g/mol. The van der Waals surface area contributed by atoms with Crippen LogP contribution in [0.1, 0.15) is 17.4 Å². The molecule has 0 aliphatic carbocycles. The molecule has 4 N–H and O–H groups in total. The third-order valence-electron chi connectivity index (χ3n) is 1.91. The van der Waals surface area contributed by atoms with Crippen LogP contribution in [0.4, 0.5) is 0 Å². The number of rotatable bonds is 3. The van der Waals surface area contributed by atoms with Crippen LogP contribution >= 0.6 is 27.3 Å². The molecule has 0 aliphatic rings. The van der Waals surface area contributed by atoms with Gasteiger partial charge in [-0.25, -0.2) is 10.4 Å². The molecule has 4 nitrogen and oxygen atoms in total. The summed E-state index contributed by atoms with van der Waals surface area (Å²) in [7, 11) is 0. The van der Waals surface area contributed by atoms with Crippen molar-refractivity contribution in [1.82, 2.24) is 15.4 Å². The van der Waals surface area contributed by atoms with Crippen LogP contribution < -0.4 is 11.3 Å². The number of halogens is 1. The Morgan fingerprint density at radius 3 is 2.93 bits per heavy atom. The molecule has 2 aromatic rings. The van der Waals surface area contributed by atoms with Gasteiger partial charge in [0.25, 0.3) is 0 Å². The second-order valence-corrected chi connectivity index (χ2v) is 4.35. The van der Waals surface area contributed by atoms with Gasteiger partial charge in [0.15, 0.2) is 0 Å². The van der Waals surface area contributed by atoms with Gasteiger partial charge in [-0.15, -0.1) is 0 Å². The standard InChI is InChI=1S/C8H9BrN4S/c9-6-4-14-3-5(6)7(13-10)8-11-1-2-12-8/h1-4,7,13H,10H2,(H,11,12). The highest BCUT2D eigenvalue weighted by Gasteiger charge is 2.17. The van der Waals surface area contributed by atoms with Gasteiger partial charge in [0.2, 0.25) is 0 Å². The Kier molecular flexibility index (Phi) is 2.97. The maximum atomic E-state index is 5.50. The molecule has 0 radical (unpaired) electrons. The summed E-state index contributed by atoms with van der Waals surface area (Å²) < 4.78 is 1.04. The van der Waals surface area contributed by atoms with Crippen molar-refractivity contribution in [1.29, 1.82) is 0 Å². The van der Waals surface area contributed by atoms with Crippen LogP contribution in [0, 0.1) is 0 Å². The summed E-state index contributed by atoms with van der Waals surface area (Å²) in [5, 5.41) is 4.06. The van der Waals surface area contributed by atoms with Crippen LogP contribution in [0.25, 0.3) is 0 Å². The quantitative estimate of drug-likeness (QED) is 0.590. The number of aromatic nitrogens is 2. The van der Waals surface area contributed by atoms with E-state index in [0.717, 1.165) is 15.9 Å². The maximum absolute atomic E-state index is 5.50. The molecule has 1 atom stereocenters. The molecule has 74 valence electrons. The van der Waals surface area contributed by atoms with E-state index in [0.29, 0.717) is 0 Å². The lowest BCUT2D eigenvalue weighted by atomic mass is 10.1. The lowest BCUT2D eigenvalue weighted by molar-refractivity contribution is 0.608. The molecule has 0 fully saturated rings. The van der Waals surface area contributed by atoms with E-state index in [9.17, 15) is 0 Å². The molecular formula is C8H9BrN4S. The van der Waals surface area contributed by atoms with Gasteiger partial charge in [0.1, 0.15) is 11.9 Å². The van der Waals surface area contributed by atoms with Crippen molar-refractivity contribution in [3.8, 4) is 0 Å². The Hall–Kier alpha value is -0.690. The summed E-state index contributed by atoms with van der Waals surface area (Å²) in [5.41, 5.74) is 3.82. The first kappa shape index (κ1) is 9.85. The smallest absolute Gasteiger partial charge is 0.129 e. The van der Waals surface area contributed by atoms with E-state index in [1.807, 2.05) is 10.8 Å². The van der Waals surface area contributed by atoms with Crippen LogP contribution in [0.3, 0.4) is 0 Å². The summed E-state index contributed by atoms with van der Waals surface area (Å²) >= 11 is 5.09. The van der Waals surface area contributed by atoms with Crippen molar-refractivity contribution >= 4 is 27.3 Å². The highest BCUT2D eigenvalue weighted by Crippen LogP contribution is 2.29. The van der Waals surface area contributed by atoms with Gasteiger partial charge < -0.3 is 4.98 Å².